The lowest BCUT2D eigenvalue weighted by Crippen LogP contribution is -2.31. The first kappa shape index (κ1) is 9.50. The molecule has 1 aliphatic carbocycles. The first-order chi connectivity index (χ1) is 6.76. The Kier molecular flexibility index (Phi) is 2.44. The third-order valence-electron chi connectivity index (χ3n) is 3.48. The Labute approximate surface area is 84.6 Å². The van der Waals surface area contributed by atoms with Crippen LogP contribution in [0.4, 0.5) is 0 Å². The Bertz CT molecular complexity index is 269. The molecule has 14 heavy (non-hydrogen) atoms. The van der Waals surface area contributed by atoms with Crippen molar-refractivity contribution in [2.24, 2.45) is 17.8 Å². The molecule has 3 aliphatic rings. The number of fused-ring (bicyclic) bond motifs is 4. The van der Waals surface area contributed by atoms with Crippen molar-refractivity contribution in [3.05, 3.63) is 25.3 Å². The lowest BCUT2D eigenvalue weighted by molar-refractivity contribution is -0.160. The van der Waals surface area contributed by atoms with E-state index in [1.165, 1.54) is 0 Å². The van der Waals surface area contributed by atoms with Crippen LogP contribution in [0.25, 0.3) is 0 Å². The fraction of sp³-hybridized carbons (Fsp3) is 0.583. The molecular weight excluding hydrogens is 176 g/mol. The van der Waals surface area contributed by atoms with Gasteiger partial charge in [0.1, 0.15) is 6.10 Å². The summed E-state index contributed by atoms with van der Waals surface area (Å²) in [6, 6.07) is 0. The summed E-state index contributed by atoms with van der Waals surface area (Å²) in [6.45, 7) is 7.61. The van der Waals surface area contributed by atoms with E-state index < -0.39 is 0 Å². The van der Waals surface area contributed by atoms with E-state index in [0.717, 1.165) is 19.3 Å². The monoisotopic (exact) mass is 192 g/mol. The second-order valence-electron chi connectivity index (χ2n) is 4.19. The molecule has 2 aliphatic heterocycles. The molecule has 0 N–H and O–H groups in total. The van der Waals surface area contributed by atoms with E-state index in [1.54, 1.807) is 0 Å². The molecule has 2 heterocycles. The van der Waals surface area contributed by atoms with E-state index in [2.05, 4.69) is 13.2 Å². The predicted molar refractivity (Wildman–Crippen MR) is 54.6 cm³/mol. The molecule has 0 aromatic rings. The van der Waals surface area contributed by atoms with Gasteiger partial charge in [0.25, 0.3) is 0 Å². The molecule has 3 rings (SSSR count). The van der Waals surface area contributed by atoms with E-state index in [4.69, 9.17) is 4.74 Å². The van der Waals surface area contributed by atoms with E-state index in [9.17, 15) is 4.79 Å². The second-order valence-corrected chi connectivity index (χ2v) is 4.19. The largest absolute Gasteiger partial charge is 0.462 e. The summed E-state index contributed by atoms with van der Waals surface area (Å²) >= 11 is 0. The van der Waals surface area contributed by atoms with E-state index in [1.807, 2.05) is 12.2 Å². The Morgan fingerprint density at radius 2 is 1.93 bits per heavy atom. The van der Waals surface area contributed by atoms with Crippen molar-refractivity contribution in [3.8, 4) is 0 Å². The molecule has 0 aromatic carbocycles. The van der Waals surface area contributed by atoms with Crippen LogP contribution in [0.5, 0.6) is 0 Å². The van der Waals surface area contributed by atoms with Crippen molar-refractivity contribution >= 4 is 5.97 Å². The molecule has 0 amide bonds. The van der Waals surface area contributed by atoms with Gasteiger partial charge in [-0.1, -0.05) is 12.2 Å². The quantitative estimate of drug-likeness (QED) is 0.495. The lowest BCUT2D eigenvalue weighted by atomic mass is 9.86. The van der Waals surface area contributed by atoms with E-state index >= 15 is 0 Å². The Morgan fingerprint density at radius 1 is 1.21 bits per heavy atom. The Morgan fingerprint density at radius 3 is 2.50 bits per heavy atom. The maximum atomic E-state index is 11.6. The van der Waals surface area contributed by atoms with Gasteiger partial charge in [-0.15, -0.1) is 13.2 Å². The van der Waals surface area contributed by atoms with Gasteiger partial charge in [-0.25, -0.2) is 0 Å². The highest BCUT2D eigenvalue weighted by Gasteiger charge is 2.42. The maximum absolute atomic E-state index is 11.6. The summed E-state index contributed by atoms with van der Waals surface area (Å²) in [6.07, 6.45) is 6.79. The van der Waals surface area contributed by atoms with Crippen LogP contribution in [0.15, 0.2) is 25.3 Å². The molecule has 0 radical (unpaired) electrons. The molecule has 4 unspecified atom stereocenters. The Balaban J connectivity index is 2.27. The molecule has 2 saturated heterocycles. The predicted octanol–water partition coefficient (Wildman–Crippen LogP) is 2.32. The highest BCUT2D eigenvalue weighted by molar-refractivity contribution is 5.74. The maximum Gasteiger partial charge on any atom is 0.309 e. The Hall–Kier alpha value is -1.05. The molecule has 76 valence electrons. The number of esters is 1. The number of hydrogen-bond acceptors (Lipinski definition) is 2. The van der Waals surface area contributed by atoms with Gasteiger partial charge in [-0.2, -0.15) is 0 Å². The minimum atomic E-state index is -0.0319. The van der Waals surface area contributed by atoms with Gasteiger partial charge >= 0.3 is 5.97 Å². The van der Waals surface area contributed by atoms with Crippen molar-refractivity contribution < 1.29 is 9.53 Å². The number of rotatable bonds is 2. The van der Waals surface area contributed by atoms with Gasteiger partial charge in [0.05, 0.1) is 5.92 Å². The first-order valence-corrected chi connectivity index (χ1v) is 5.22. The van der Waals surface area contributed by atoms with Crippen molar-refractivity contribution in [2.45, 2.75) is 25.4 Å². The summed E-state index contributed by atoms with van der Waals surface area (Å²) in [5.41, 5.74) is 0. The molecule has 2 bridgehead atoms. The van der Waals surface area contributed by atoms with Crippen molar-refractivity contribution in [2.75, 3.05) is 0 Å². The summed E-state index contributed by atoms with van der Waals surface area (Å²) in [7, 11) is 0. The van der Waals surface area contributed by atoms with Gasteiger partial charge in [0.15, 0.2) is 0 Å². The topological polar surface area (TPSA) is 26.3 Å². The number of hydrogen-bond donors (Lipinski definition) is 0. The third-order valence-corrected chi connectivity index (χ3v) is 3.48. The number of carbonyl (C=O) groups is 1. The van der Waals surface area contributed by atoms with Crippen LogP contribution in [0.3, 0.4) is 0 Å². The van der Waals surface area contributed by atoms with Crippen LogP contribution in [0, 0.1) is 17.8 Å². The molecule has 2 heteroatoms. The average Bonchev–Trinajstić information content (AvgIpc) is 2.44. The van der Waals surface area contributed by atoms with Gasteiger partial charge in [0, 0.05) is 5.92 Å². The zero-order valence-corrected chi connectivity index (χ0v) is 8.32. The average molecular weight is 192 g/mol. The van der Waals surface area contributed by atoms with Crippen LogP contribution < -0.4 is 0 Å². The van der Waals surface area contributed by atoms with E-state index in [0.29, 0.717) is 5.92 Å². The molecular formula is C12H16O2. The molecule has 0 spiro atoms. The van der Waals surface area contributed by atoms with Gasteiger partial charge in [-0.05, 0) is 25.2 Å². The van der Waals surface area contributed by atoms with Crippen LogP contribution in [-0.2, 0) is 9.53 Å². The zero-order valence-electron chi connectivity index (χ0n) is 8.32. The molecule has 0 aromatic heterocycles. The van der Waals surface area contributed by atoms with Gasteiger partial charge in [-0.3, -0.25) is 4.79 Å². The van der Waals surface area contributed by atoms with Crippen LogP contribution >= 0.6 is 0 Å². The van der Waals surface area contributed by atoms with Crippen molar-refractivity contribution in [1.82, 2.24) is 0 Å². The highest BCUT2D eigenvalue weighted by Crippen LogP contribution is 2.40. The molecule has 2 nitrogen and oxygen atoms in total. The number of allylic oxidation sites excluding steroid dienone is 1. The second kappa shape index (κ2) is 3.60. The molecule has 3 fully saturated rings. The third kappa shape index (κ3) is 1.39. The summed E-state index contributed by atoms with van der Waals surface area (Å²) in [5.74, 6) is 0.608. The zero-order chi connectivity index (χ0) is 10.1. The fourth-order valence-corrected chi connectivity index (χ4v) is 2.59. The van der Waals surface area contributed by atoms with Crippen LogP contribution in [-0.4, -0.2) is 12.1 Å². The molecule has 1 saturated carbocycles. The van der Waals surface area contributed by atoms with Crippen molar-refractivity contribution in [1.29, 1.82) is 0 Å². The van der Waals surface area contributed by atoms with Gasteiger partial charge in [0.2, 0.25) is 0 Å². The summed E-state index contributed by atoms with van der Waals surface area (Å²) in [4.78, 5) is 11.6. The van der Waals surface area contributed by atoms with Crippen LogP contribution in [0.2, 0.25) is 0 Å². The normalized spacial score (nSPS) is 41.3. The number of carbonyl (C=O) groups excluding carboxylic acids is 1. The minimum absolute atomic E-state index is 0.0319. The summed E-state index contributed by atoms with van der Waals surface area (Å²) < 4.78 is 5.39. The van der Waals surface area contributed by atoms with E-state index in [-0.39, 0.29) is 23.9 Å². The SMILES string of the molecule is C=CC1CC(C=C)C2CCC1OC2=O. The number of ether oxygens (including phenoxy) is 1. The molecule has 4 atom stereocenters. The smallest absolute Gasteiger partial charge is 0.309 e. The standard InChI is InChI=1S/C12H16O2/c1-3-8-7-9(4-2)11-6-5-10(8)12(13)14-11/h3-4,8-11H,1-2,5-7H2. The lowest BCUT2D eigenvalue weighted by Gasteiger charge is -2.26. The first-order valence-electron chi connectivity index (χ1n) is 5.22. The van der Waals surface area contributed by atoms with Crippen molar-refractivity contribution in [3.63, 3.8) is 0 Å². The minimum Gasteiger partial charge on any atom is -0.462 e. The summed E-state index contributed by atoms with van der Waals surface area (Å²) in [5, 5.41) is 0. The fourth-order valence-electron chi connectivity index (χ4n) is 2.59. The van der Waals surface area contributed by atoms with Crippen LogP contribution in [0.1, 0.15) is 19.3 Å². The highest BCUT2D eigenvalue weighted by atomic mass is 16.5. The van der Waals surface area contributed by atoms with Gasteiger partial charge < -0.3 is 4.74 Å².